The van der Waals surface area contributed by atoms with E-state index in [1.54, 1.807) is 0 Å². The molecule has 0 atom stereocenters. The summed E-state index contributed by atoms with van der Waals surface area (Å²) in [6, 6.07) is 0. The van der Waals surface area contributed by atoms with E-state index in [2.05, 4.69) is 37.7 Å². The fourth-order valence-electron chi connectivity index (χ4n) is 0.810. The van der Waals surface area contributed by atoms with Crippen molar-refractivity contribution in [2.24, 2.45) is 0 Å². The van der Waals surface area contributed by atoms with E-state index in [4.69, 9.17) is 4.74 Å². The molecule has 0 rings (SSSR count). The van der Waals surface area contributed by atoms with Crippen LogP contribution in [0.25, 0.3) is 0 Å². The van der Waals surface area contributed by atoms with Crippen LogP contribution in [0.4, 0.5) is 0 Å². The third kappa shape index (κ3) is 11.3. The molecule has 0 radical (unpaired) electrons. The average molecular weight is 196 g/mol. The van der Waals surface area contributed by atoms with Crippen molar-refractivity contribution in [2.75, 3.05) is 6.61 Å². The van der Waals surface area contributed by atoms with Crippen LogP contribution >= 0.6 is 0 Å². The van der Waals surface area contributed by atoms with Gasteiger partial charge in [-0.15, -0.1) is 11.5 Å². The summed E-state index contributed by atoms with van der Waals surface area (Å²) in [6.07, 6.45) is 4.70. The van der Waals surface area contributed by atoms with E-state index in [0.717, 1.165) is 25.9 Å². The first-order chi connectivity index (χ1) is 6.06. The fraction of sp³-hybridized carbons (Fsp3) is 0.636. The highest BCUT2D eigenvalue weighted by Crippen LogP contribution is 1.99. The molecule has 2 heteroatoms. The molecule has 1 nitrogen and oxygen atoms in total. The van der Waals surface area contributed by atoms with Crippen LogP contribution in [0.15, 0.2) is 12.8 Å². The van der Waals surface area contributed by atoms with Crippen LogP contribution in [0.3, 0.4) is 0 Å². The zero-order chi connectivity index (χ0) is 10.2. The molecule has 0 aliphatic heterocycles. The highest BCUT2D eigenvalue weighted by atomic mass is 28.3. The molecule has 0 bridgehead atoms. The van der Waals surface area contributed by atoms with Crippen LogP contribution in [-0.4, -0.2) is 14.7 Å². The molecule has 0 aliphatic carbocycles. The Morgan fingerprint density at radius 1 is 1.31 bits per heavy atom. The summed E-state index contributed by atoms with van der Waals surface area (Å²) >= 11 is 0. The van der Waals surface area contributed by atoms with Gasteiger partial charge in [0.2, 0.25) is 0 Å². The number of unbranched alkanes of at least 4 members (excludes halogenated alkanes) is 2. The van der Waals surface area contributed by atoms with Crippen LogP contribution in [-0.2, 0) is 4.74 Å². The standard InChI is InChI=1S/C11H20OSi/c1-5-12-10-8-6-7-9-11-13(2,3)4/h5H,1,6-8,10H2,2-4H3. The minimum atomic E-state index is -1.14. The summed E-state index contributed by atoms with van der Waals surface area (Å²) < 4.78 is 5.01. The van der Waals surface area contributed by atoms with Crippen molar-refractivity contribution in [1.29, 1.82) is 0 Å². The van der Waals surface area contributed by atoms with Gasteiger partial charge in [0.05, 0.1) is 12.9 Å². The molecule has 0 spiro atoms. The van der Waals surface area contributed by atoms with Gasteiger partial charge in [0.25, 0.3) is 0 Å². The number of hydrogen-bond acceptors (Lipinski definition) is 1. The van der Waals surface area contributed by atoms with Crippen molar-refractivity contribution < 1.29 is 4.74 Å². The first-order valence-corrected chi connectivity index (χ1v) is 8.29. The third-order valence-electron chi connectivity index (χ3n) is 1.40. The molecule has 0 amide bonds. The van der Waals surface area contributed by atoms with E-state index in [1.165, 1.54) is 6.26 Å². The summed E-state index contributed by atoms with van der Waals surface area (Å²) in [5.41, 5.74) is 3.34. The predicted molar refractivity (Wildman–Crippen MR) is 61.1 cm³/mol. The van der Waals surface area contributed by atoms with E-state index in [-0.39, 0.29) is 0 Å². The highest BCUT2D eigenvalue weighted by molar-refractivity contribution is 6.83. The summed E-state index contributed by atoms with van der Waals surface area (Å²) in [6.45, 7) is 11.1. The van der Waals surface area contributed by atoms with E-state index in [1.807, 2.05) is 0 Å². The van der Waals surface area contributed by atoms with Gasteiger partial charge in [0, 0.05) is 6.42 Å². The SMILES string of the molecule is C=COCCCCC#C[Si](C)(C)C. The summed E-state index contributed by atoms with van der Waals surface area (Å²) in [7, 11) is -1.14. The van der Waals surface area contributed by atoms with Gasteiger partial charge in [-0.05, 0) is 12.8 Å². The zero-order valence-corrected chi connectivity index (χ0v) is 10.0. The quantitative estimate of drug-likeness (QED) is 0.284. The number of ether oxygens (including phenoxy) is 1. The molecule has 0 heterocycles. The molecule has 0 unspecified atom stereocenters. The van der Waals surface area contributed by atoms with Gasteiger partial charge >= 0.3 is 0 Å². The summed E-state index contributed by atoms with van der Waals surface area (Å²) in [5.74, 6) is 3.23. The Bertz CT molecular complexity index is 192. The van der Waals surface area contributed by atoms with Crippen molar-refractivity contribution in [2.45, 2.75) is 38.9 Å². The summed E-state index contributed by atoms with van der Waals surface area (Å²) in [5, 5.41) is 0. The molecule has 0 aliphatic rings. The number of hydrogen-bond donors (Lipinski definition) is 0. The number of rotatable bonds is 5. The Kier molecular flexibility index (Phi) is 6.44. The molecule has 74 valence electrons. The Morgan fingerprint density at radius 3 is 2.54 bits per heavy atom. The van der Waals surface area contributed by atoms with Crippen LogP contribution in [0.2, 0.25) is 19.6 Å². The Labute approximate surface area is 83.2 Å². The van der Waals surface area contributed by atoms with Gasteiger partial charge in [-0.3, -0.25) is 0 Å². The first kappa shape index (κ1) is 12.3. The van der Waals surface area contributed by atoms with Crippen molar-refractivity contribution in [3.05, 3.63) is 12.8 Å². The maximum atomic E-state index is 5.01. The molecule has 0 saturated heterocycles. The maximum Gasteiger partial charge on any atom is 0.129 e. The highest BCUT2D eigenvalue weighted by Gasteiger charge is 2.06. The minimum absolute atomic E-state index is 0.776. The van der Waals surface area contributed by atoms with Gasteiger partial charge in [0.15, 0.2) is 0 Å². The lowest BCUT2D eigenvalue weighted by atomic mass is 10.2. The molecular weight excluding hydrogens is 176 g/mol. The summed E-state index contributed by atoms with van der Waals surface area (Å²) in [4.78, 5) is 0. The predicted octanol–water partition coefficient (Wildman–Crippen LogP) is 3.20. The molecule has 0 aromatic carbocycles. The normalized spacial score (nSPS) is 10.1. The first-order valence-electron chi connectivity index (χ1n) is 4.79. The molecular formula is C11H20OSi. The van der Waals surface area contributed by atoms with Crippen molar-refractivity contribution in [3.63, 3.8) is 0 Å². The zero-order valence-electron chi connectivity index (χ0n) is 9.02. The lowest BCUT2D eigenvalue weighted by Crippen LogP contribution is -2.16. The van der Waals surface area contributed by atoms with Crippen molar-refractivity contribution in [3.8, 4) is 11.5 Å². The van der Waals surface area contributed by atoms with Gasteiger partial charge in [-0.2, -0.15) is 0 Å². The van der Waals surface area contributed by atoms with E-state index in [9.17, 15) is 0 Å². The molecule has 0 fully saturated rings. The van der Waals surface area contributed by atoms with Crippen LogP contribution < -0.4 is 0 Å². The van der Waals surface area contributed by atoms with Crippen LogP contribution in [0.1, 0.15) is 19.3 Å². The average Bonchev–Trinajstić information content (AvgIpc) is 2.01. The smallest absolute Gasteiger partial charge is 0.129 e. The maximum absolute atomic E-state index is 5.01. The monoisotopic (exact) mass is 196 g/mol. The molecule has 13 heavy (non-hydrogen) atoms. The van der Waals surface area contributed by atoms with E-state index in [0.29, 0.717) is 0 Å². The van der Waals surface area contributed by atoms with Gasteiger partial charge in [-0.25, -0.2) is 0 Å². The van der Waals surface area contributed by atoms with Crippen LogP contribution in [0.5, 0.6) is 0 Å². The second-order valence-electron chi connectivity index (χ2n) is 4.05. The Hall–Kier alpha value is -0.683. The van der Waals surface area contributed by atoms with Crippen LogP contribution in [0, 0.1) is 11.5 Å². The van der Waals surface area contributed by atoms with E-state index < -0.39 is 8.07 Å². The van der Waals surface area contributed by atoms with Gasteiger partial charge in [-0.1, -0.05) is 26.2 Å². The van der Waals surface area contributed by atoms with E-state index >= 15 is 0 Å². The lowest BCUT2D eigenvalue weighted by Gasteiger charge is -2.03. The third-order valence-corrected chi connectivity index (χ3v) is 2.32. The van der Waals surface area contributed by atoms with Crippen molar-refractivity contribution >= 4 is 8.07 Å². The molecule has 0 saturated carbocycles. The van der Waals surface area contributed by atoms with Crippen molar-refractivity contribution in [1.82, 2.24) is 0 Å². The lowest BCUT2D eigenvalue weighted by molar-refractivity contribution is 0.243. The Morgan fingerprint density at radius 2 is 2.00 bits per heavy atom. The largest absolute Gasteiger partial charge is 0.502 e. The molecule has 0 aromatic heterocycles. The van der Waals surface area contributed by atoms with Gasteiger partial charge in [0.1, 0.15) is 8.07 Å². The topological polar surface area (TPSA) is 9.23 Å². The van der Waals surface area contributed by atoms with Gasteiger partial charge < -0.3 is 4.74 Å². The second kappa shape index (κ2) is 6.79. The minimum Gasteiger partial charge on any atom is -0.502 e. The molecule has 0 aromatic rings. The fourth-order valence-corrected chi connectivity index (χ4v) is 1.47. The molecule has 0 N–H and O–H groups in total. The second-order valence-corrected chi connectivity index (χ2v) is 8.80. The Balaban J connectivity index is 3.33.